The minimum absolute atomic E-state index is 0. The molecule has 0 atom stereocenters. The number of hydrogen-bond donors (Lipinski definition) is 1. The third kappa shape index (κ3) is 4.54. The Morgan fingerprint density at radius 3 is 2.38 bits per heavy atom. The summed E-state index contributed by atoms with van der Waals surface area (Å²) in [6.45, 7) is 0. The average Bonchev–Trinajstić information content (AvgIpc) is 2.41. The monoisotopic (exact) mass is 314 g/mol. The number of phenols is 1. The van der Waals surface area contributed by atoms with Crippen molar-refractivity contribution < 1.29 is 44.4 Å². The summed E-state index contributed by atoms with van der Waals surface area (Å²) in [7, 11) is 0. The molecular formula is C14H10ClNNaO4+. The molecule has 21 heavy (non-hydrogen) atoms. The number of carbonyl (C=O) groups is 1. The first-order valence-electron chi connectivity index (χ1n) is 5.72. The van der Waals surface area contributed by atoms with Crippen molar-refractivity contribution in [3.63, 3.8) is 0 Å². The summed E-state index contributed by atoms with van der Waals surface area (Å²) in [5.74, 6) is -0.393. The predicted molar refractivity (Wildman–Crippen MR) is 74.2 cm³/mol. The molecule has 1 N–H and O–H groups in total. The summed E-state index contributed by atoms with van der Waals surface area (Å²) in [5, 5.41) is 20.9. The van der Waals surface area contributed by atoms with E-state index in [-0.39, 0.29) is 58.8 Å². The van der Waals surface area contributed by atoms with Gasteiger partial charge in [0, 0.05) is 34.7 Å². The zero-order valence-electron chi connectivity index (χ0n) is 11.2. The summed E-state index contributed by atoms with van der Waals surface area (Å²) in [6, 6.07) is 9.90. The van der Waals surface area contributed by atoms with Crippen LogP contribution in [-0.2, 0) is 6.42 Å². The molecule has 0 spiro atoms. The van der Waals surface area contributed by atoms with Gasteiger partial charge in [0.2, 0.25) is 0 Å². The van der Waals surface area contributed by atoms with Crippen LogP contribution in [0, 0.1) is 10.1 Å². The van der Waals surface area contributed by atoms with Gasteiger partial charge >= 0.3 is 29.6 Å². The maximum absolute atomic E-state index is 12.0. The van der Waals surface area contributed by atoms with Crippen LogP contribution in [0.4, 0.5) is 5.69 Å². The molecule has 2 aromatic carbocycles. The molecule has 5 nitrogen and oxygen atoms in total. The average molecular weight is 315 g/mol. The minimum atomic E-state index is -0.574. The molecule has 0 aliphatic heterocycles. The van der Waals surface area contributed by atoms with Crippen LogP contribution in [0.5, 0.6) is 5.75 Å². The van der Waals surface area contributed by atoms with E-state index < -0.39 is 4.92 Å². The van der Waals surface area contributed by atoms with Crippen molar-refractivity contribution in [3.8, 4) is 5.75 Å². The number of nitro groups is 1. The molecule has 0 saturated carbocycles. The summed E-state index contributed by atoms with van der Waals surface area (Å²) in [5.41, 5.74) is 0.487. The summed E-state index contributed by atoms with van der Waals surface area (Å²) >= 11 is 5.73. The maximum Gasteiger partial charge on any atom is 1.00 e. The van der Waals surface area contributed by atoms with Crippen molar-refractivity contribution in [1.29, 1.82) is 0 Å². The quantitative estimate of drug-likeness (QED) is 0.383. The summed E-state index contributed by atoms with van der Waals surface area (Å²) in [6.07, 6.45) is -0.116. The molecular weight excluding hydrogens is 305 g/mol. The van der Waals surface area contributed by atoms with Gasteiger partial charge in [-0.1, -0.05) is 11.6 Å². The molecule has 0 amide bonds. The van der Waals surface area contributed by atoms with E-state index in [4.69, 9.17) is 11.6 Å². The number of phenolic OH excluding ortho intramolecular Hbond substituents is 1. The van der Waals surface area contributed by atoms with E-state index in [1.54, 1.807) is 24.3 Å². The van der Waals surface area contributed by atoms with Crippen LogP contribution < -0.4 is 29.6 Å². The van der Waals surface area contributed by atoms with Gasteiger partial charge in [-0.05, 0) is 30.3 Å². The van der Waals surface area contributed by atoms with Crippen LogP contribution >= 0.6 is 11.6 Å². The molecule has 2 rings (SSSR count). The van der Waals surface area contributed by atoms with Gasteiger partial charge < -0.3 is 5.11 Å². The molecule has 0 unspecified atom stereocenters. The Morgan fingerprint density at radius 2 is 1.81 bits per heavy atom. The normalized spacial score (nSPS) is 9.76. The van der Waals surface area contributed by atoms with Crippen LogP contribution in [0.15, 0.2) is 42.5 Å². The van der Waals surface area contributed by atoms with Gasteiger partial charge in [-0.15, -0.1) is 0 Å². The topological polar surface area (TPSA) is 80.4 Å². The first-order valence-corrected chi connectivity index (χ1v) is 6.10. The third-order valence-electron chi connectivity index (χ3n) is 2.79. The number of nitro benzene ring substituents is 1. The molecule has 0 radical (unpaired) electrons. The van der Waals surface area contributed by atoms with Crippen molar-refractivity contribution in [2.45, 2.75) is 6.42 Å². The predicted octanol–water partition coefficient (Wildman–Crippen LogP) is 0.383. The Labute approximate surface area is 148 Å². The number of ketones is 1. The summed E-state index contributed by atoms with van der Waals surface area (Å²) in [4.78, 5) is 22.1. The first kappa shape index (κ1) is 17.7. The molecule has 0 saturated heterocycles. The van der Waals surface area contributed by atoms with Crippen molar-refractivity contribution in [2.24, 2.45) is 0 Å². The van der Waals surface area contributed by atoms with Gasteiger partial charge in [0.1, 0.15) is 5.75 Å². The van der Waals surface area contributed by atoms with Crippen LogP contribution in [0.25, 0.3) is 0 Å². The van der Waals surface area contributed by atoms with E-state index in [0.717, 1.165) is 0 Å². The van der Waals surface area contributed by atoms with Gasteiger partial charge in [-0.25, -0.2) is 0 Å². The largest absolute Gasteiger partial charge is 1.00 e. The van der Waals surface area contributed by atoms with Crippen molar-refractivity contribution in [1.82, 2.24) is 0 Å². The fraction of sp³-hybridized carbons (Fsp3) is 0.0714. The first-order chi connectivity index (χ1) is 9.47. The SMILES string of the molecule is O=C(Cc1cc([N+](=O)[O-])ccc1O)c1ccc(Cl)cc1.[Na+]. The van der Waals surface area contributed by atoms with Crippen LogP contribution in [-0.4, -0.2) is 15.8 Å². The number of rotatable bonds is 4. The van der Waals surface area contributed by atoms with Crippen molar-refractivity contribution in [3.05, 3.63) is 68.7 Å². The van der Waals surface area contributed by atoms with E-state index in [9.17, 15) is 20.0 Å². The number of benzene rings is 2. The zero-order valence-corrected chi connectivity index (χ0v) is 14.0. The Hall–Kier alpha value is -1.40. The van der Waals surface area contributed by atoms with Crippen LogP contribution in [0.2, 0.25) is 5.02 Å². The number of Topliss-reactive ketones (excluding diaryl/α,β-unsaturated/α-hetero) is 1. The summed E-state index contributed by atoms with van der Waals surface area (Å²) < 4.78 is 0. The zero-order chi connectivity index (χ0) is 14.7. The van der Waals surface area contributed by atoms with Crippen molar-refractivity contribution in [2.75, 3.05) is 0 Å². The Kier molecular flexibility index (Phi) is 6.36. The minimum Gasteiger partial charge on any atom is -0.508 e. The van der Waals surface area contributed by atoms with Gasteiger partial charge in [0.15, 0.2) is 5.78 Å². The molecule has 0 aromatic heterocycles. The van der Waals surface area contributed by atoms with Gasteiger partial charge in [0.25, 0.3) is 5.69 Å². The molecule has 0 aliphatic rings. The van der Waals surface area contributed by atoms with Gasteiger partial charge in [-0.3, -0.25) is 14.9 Å². The molecule has 2 aromatic rings. The molecule has 102 valence electrons. The second kappa shape index (κ2) is 7.56. The number of nitrogens with zero attached hydrogens (tertiary/aromatic N) is 1. The Bertz CT molecular complexity index is 673. The van der Waals surface area contributed by atoms with Crippen LogP contribution in [0.1, 0.15) is 15.9 Å². The van der Waals surface area contributed by atoms with Gasteiger partial charge in [-0.2, -0.15) is 0 Å². The molecule has 0 heterocycles. The van der Waals surface area contributed by atoms with E-state index in [0.29, 0.717) is 10.6 Å². The van der Waals surface area contributed by atoms with E-state index in [2.05, 4.69) is 0 Å². The number of aromatic hydroxyl groups is 1. The number of carbonyl (C=O) groups excluding carboxylic acids is 1. The Morgan fingerprint density at radius 1 is 1.19 bits per heavy atom. The fourth-order valence-corrected chi connectivity index (χ4v) is 1.86. The smallest absolute Gasteiger partial charge is 0.508 e. The molecule has 0 bridgehead atoms. The number of halogens is 1. The van der Waals surface area contributed by atoms with E-state index >= 15 is 0 Å². The second-order valence-corrected chi connectivity index (χ2v) is 4.61. The van der Waals surface area contributed by atoms with Gasteiger partial charge in [0.05, 0.1) is 4.92 Å². The van der Waals surface area contributed by atoms with E-state index in [1.165, 1.54) is 18.2 Å². The molecule has 0 aliphatic carbocycles. The molecule has 7 heteroatoms. The second-order valence-electron chi connectivity index (χ2n) is 4.18. The van der Waals surface area contributed by atoms with Crippen LogP contribution in [0.3, 0.4) is 0 Å². The number of hydrogen-bond acceptors (Lipinski definition) is 4. The van der Waals surface area contributed by atoms with E-state index in [1.807, 2.05) is 0 Å². The molecule has 0 fully saturated rings. The number of non-ortho nitro benzene ring substituents is 1. The standard InChI is InChI=1S/C14H10ClNO4.Na/c15-11-3-1-9(2-4-11)14(18)8-10-7-12(16(19)20)5-6-13(10)17;/h1-7,17H,8H2;/q;+1. The Balaban J connectivity index is 0.00000220. The van der Waals surface area contributed by atoms with Crippen molar-refractivity contribution >= 4 is 23.1 Å². The third-order valence-corrected chi connectivity index (χ3v) is 3.04. The fourth-order valence-electron chi connectivity index (χ4n) is 1.74. The maximum atomic E-state index is 12.0.